The summed E-state index contributed by atoms with van der Waals surface area (Å²) in [4.78, 5) is 26.1. The number of aliphatic hydroxyl groups excluding tert-OH is 1. The van der Waals surface area contributed by atoms with Crippen LogP contribution in [0.25, 0.3) is 0 Å². The summed E-state index contributed by atoms with van der Waals surface area (Å²) in [6, 6.07) is -1.79. The van der Waals surface area contributed by atoms with Crippen molar-refractivity contribution in [1.82, 2.24) is 0 Å². The molecule has 5 heterocycles. The van der Waals surface area contributed by atoms with E-state index in [4.69, 9.17) is 81.5 Å². The molecule has 5 aliphatic heterocycles. The third kappa shape index (κ3) is 32.2. The predicted molar refractivity (Wildman–Crippen MR) is 249 cm³/mol. The van der Waals surface area contributed by atoms with Crippen LogP contribution in [0.2, 0.25) is 0 Å². The molecule has 0 unspecified atom stereocenters. The Kier molecular flexibility index (Phi) is 52.8. The van der Waals surface area contributed by atoms with Gasteiger partial charge in [-0.05, 0) is 0 Å². The number of carbonyl (C=O) groups is 2. The van der Waals surface area contributed by atoms with E-state index >= 15 is 0 Å². The minimum atomic E-state index is -6.45. The van der Waals surface area contributed by atoms with E-state index in [2.05, 4.69) is 25.1 Å². The average molecular weight is 1610 g/mol. The van der Waals surface area contributed by atoms with Crippen molar-refractivity contribution < 1.29 is 440 Å². The van der Waals surface area contributed by atoms with Crippen molar-refractivity contribution in [3.8, 4) is 0 Å². The predicted octanol–water partition coefficient (Wildman–Crippen LogP) is -36.9. The molecular weight excluding hydrogens is 1550 g/mol. The number of methoxy groups -OCH3 is 7. The van der Waals surface area contributed by atoms with Gasteiger partial charge in [-0.25, -0.2) is 50.5 Å². The largest absolute Gasteiger partial charge is 1.00 e. The summed E-state index contributed by atoms with van der Waals surface area (Å²) in [5.74, 6) is -4.75. The minimum Gasteiger partial charge on any atom is -0.726 e. The Hall–Kier alpha value is 5.44. The normalized spacial score (nSPS) is 35.7. The second-order valence-electron chi connectivity index (χ2n) is 18.5. The van der Waals surface area contributed by atoms with Gasteiger partial charge in [0.25, 0.3) is 0 Å². The van der Waals surface area contributed by atoms with Crippen LogP contribution in [0.4, 0.5) is 0 Å². The molecule has 0 radical (unpaired) electrons. The minimum absolute atomic E-state index is 0. The Morgan fingerprint density at radius 2 is 0.598 bits per heavy atom. The number of aliphatic carboxylic acids is 2. The molecule has 25 atom stereocenters. The molecule has 5 aliphatic rings. The molecule has 5 rings (SSSR count). The number of hydrogen-bond donors (Lipinski definition) is 2. The molecule has 5 fully saturated rings. The van der Waals surface area contributed by atoms with Crippen LogP contribution in [-0.2, 0) is 173 Å². The van der Waals surface area contributed by atoms with E-state index in [1.165, 1.54) is 0 Å². The fourth-order valence-electron chi connectivity index (χ4n) is 9.75. The topological polar surface area (TPSA) is 673 Å². The Morgan fingerprint density at radius 1 is 0.340 bits per heavy atom. The molecular formula is C37H55NNa8O45S6. The maximum Gasteiger partial charge on any atom is 1.00 e. The first-order valence-corrected chi connectivity index (χ1v) is 32.2. The van der Waals surface area contributed by atoms with Crippen molar-refractivity contribution in [2.24, 2.45) is 5.73 Å². The van der Waals surface area contributed by atoms with Gasteiger partial charge in [0, 0.05) is 49.8 Å². The van der Waals surface area contributed by atoms with Crippen molar-refractivity contribution in [1.29, 1.82) is 0 Å². The Labute approximate surface area is 732 Å². The fraction of sp³-hybridized carbons (Fsp3) is 0.946. The molecule has 5 saturated heterocycles. The van der Waals surface area contributed by atoms with E-state index in [0.29, 0.717) is 0 Å². The number of aliphatic hydroxyl groups is 1. The van der Waals surface area contributed by atoms with E-state index in [1.807, 2.05) is 0 Å². The van der Waals surface area contributed by atoms with Gasteiger partial charge in [0.05, 0.1) is 37.8 Å². The van der Waals surface area contributed by atoms with Gasteiger partial charge in [0.15, 0.2) is 43.7 Å². The second kappa shape index (κ2) is 47.1. The first-order valence-electron chi connectivity index (χ1n) is 24.2. The number of ether oxygens (including phenoxy) is 16. The van der Waals surface area contributed by atoms with Crippen molar-refractivity contribution in [2.75, 3.05) is 69.6 Å². The number of carboxylic acids is 2. The summed E-state index contributed by atoms with van der Waals surface area (Å²) < 4.78 is 330. The number of carbonyl (C=O) groups excluding carboxylic acids is 2. The zero-order valence-corrected chi connectivity index (χ0v) is 74.9. The van der Waals surface area contributed by atoms with E-state index in [0.717, 1.165) is 49.8 Å². The maximum absolute atomic E-state index is 13.1. The van der Waals surface area contributed by atoms with E-state index in [1.54, 1.807) is 0 Å². The SMILES string of the molecule is CO[C@H]1O[C@H](COS(=O)(=O)[O-])[C@@H](O[C@H]2O[C@H](C(=O)[O-])[C@@H](O[C@H]3O[C@H](COS(=O)(=O)[O-])[C@@H](O[C@H]4O[C@H](C(=O)[O-])[C@@H](O[C@H]5O[C@H](COS(=O)(=O)[O-])[C@@H](OC)[C@H](O)[C@H]5N)[C@H](OC)[C@H]4OC)[C@H](OS(=O)(=O)[O-])[C@H]3OS(=O)(=O)[O-])[C@H](OC)[C@H]2OC)[C@H](OC)[C@H]1OS(=O)(=O)[O-].[Na+].[Na+].[Na+].[Na+].[Na+].[Na+].[Na+].[Na+]. The van der Waals surface area contributed by atoms with Gasteiger partial charge < -0.3 is 134 Å². The molecule has 0 aromatic rings. The first-order chi connectivity index (χ1) is 41.0. The number of hydrogen-bond acceptors (Lipinski definition) is 46. The van der Waals surface area contributed by atoms with Crippen LogP contribution in [0.3, 0.4) is 0 Å². The molecule has 46 nitrogen and oxygen atoms in total. The molecule has 97 heavy (non-hydrogen) atoms. The van der Waals surface area contributed by atoms with Crippen molar-refractivity contribution >= 4 is 74.3 Å². The summed E-state index contributed by atoms with van der Waals surface area (Å²) in [6.45, 7) is -4.40. The third-order valence-corrected chi connectivity index (χ3v) is 15.9. The number of carboxylic acid groups (broad SMARTS) is 2. The quantitative estimate of drug-likeness (QED) is 0.0359. The van der Waals surface area contributed by atoms with Gasteiger partial charge >= 0.3 is 236 Å². The first kappa shape index (κ1) is 109. The van der Waals surface area contributed by atoms with Gasteiger partial charge in [-0.15, -0.1) is 0 Å². The van der Waals surface area contributed by atoms with Crippen LogP contribution in [0.5, 0.6) is 0 Å². The van der Waals surface area contributed by atoms with E-state index < -0.39 is 248 Å². The molecule has 0 aromatic carbocycles. The van der Waals surface area contributed by atoms with Gasteiger partial charge in [-0.3, -0.25) is 25.1 Å². The number of nitrogens with two attached hydrogens (primary N) is 1. The summed E-state index contributed by atoms with van der Waals surface area (Å²) in [7, 11) is -29.9. The fourth-order valence-corrected chi connectivity index (χ4v) is 12.1. The van der Waals surface area contributed by atoms with Crippen LogP contribution in [-0.4, -0.2) is 318 Å². The van der Waals surface area contributed by atoms with Gasteiger partial charge in [0.2, 0.25) is 62.4 Å². The van der Waals surface area contributed by atoms with Crippen molar-refractivity contribution in [3.63, 3.8) is 0 Å². The second-order valence-corrected chi connectivity index (χ2v) is 24.7. The number of rotatable bonds is 32. The standard InChI is InChI=1S/C37H63NO45S6.8Na/c1-62-16-11(8-69-84(44,45)46)72-33(14(38)15(16)39)77-22-20(64-3)27(66-5)36(79-25(22)31(40)41)76-18-13(10-71-86(50,51)52)74-37(30(83-89(59,60)61)24(18)81-87(53,54)55)78-23-21(65-4)28(67-6)35(80-26(23)32(42)43)75-17-12(9-70-85(47,48)49)73-34(68-7)29(19(17)63-2)82-88(56,57)58;;;;;;;;/h11-30,33-37,39H,8-10,38H2,1-7H3,(H,40,41)(H,42,43)(H,44,45,46)(H,47,48,49)(H,50,51,52)(H,53,54,55)(H,56,57,58)(H,59,60,61);;;;;;;;/q;8*+1/p-8/t11-,12-,13-,14-,15-,16-,17-,18-,19+,20+,21+,22+,23+,24+,25+,26+,27-,28-,29-,30-,33-,34+,35+,36+,37-;;;;;;;;/m1......../s1. The van der Waals surface area contributed by atoms with Crippen LogP contribution in [0.15, 0.2) is 0 Å². The Morgan fingerprint density at radius 3 is 0.907 bits per heavy atom. The monoisotopic (exact) mass is 1610 g/mol. The summed E-state index contributed by atoms with van der Waals surface area (Å²) >= 11 is 0. The maximum atomic E-state index is 13.1. The molecule has 0 spiro atoms. The zero-order chi connectivity index (χ0) is 67.3. The Balaban J connectivity index is -0.00000541. The van der Waals surface area contributed by atoms with Crippen LogP contribution < -0.4 is 252 Å². The van der Waals surface area contributed by atoms with E-state index in [-0.39, 0.29) is 236 Å². The average Bonchev–Trinajstić information content (AvgIpc) is 0.766. The van der Waals surface area contributed by atoms with Gasteiger partial charge in [-0.2, -0.15) is 0 Å². The zero-order valence-electron chi connectivity index (χ0n) is 54.0. The van der Waals surface area contributed by atoms with Crippen LogP contribution in [0, 0.1) is 0 Å². The molecule has 3 N–H and O–H groups in total. The van der Waals surface area contributed by atoms with Gasteiger partial charge in [0.1, 0.15) is 104 Å². The molecule has 0 aliphatic carbocycles. The molecule has 0 aromatic heterocycles. The molecule has 0 amide bonds. The summed E-state index contributed by atoms with van der Waals surface area (Å²) in [6.07, 6.45) is -56.8. The van der Waals surface area contributed by atoms with E-state index in [9.17, 15) is 103 Å². The smallest absolute Gasteiger partial charge is 0.726 e. The third-order valence-electron chi connectivity index (χ3n) is 13.2. The van der Waals surface area contributed by atoms with Crippen molar-refractivity contribution in [2.45, 2.75) is 153 Å². The van der Waals surface area contributed by atoms with Crippen molar-refractivity contribution in [3.05, 3.63) is 0 Å². The molecule has 522 valence electrons. The van der Waals surface area contributed by atoms with Crippen LogP contribution >= 0.6 is 0 Å². The Bertz CT molecular complexity index is 3090. The molecule has 60 heteroatoms. The molecule has 0 saturated carbocycles. The molecule has 0 bridgehead atoms. The van der Waals surface area contributed by atoms with Gasteiger partial charge in [-0.1, -0.05) is 0 Å². The summed E-state index contributed by atoms with van der Waals surface area (Å²) in [5, 5.41) is 37.0. The van der Waals surface area contributed by atoms with Crippen LogP contribution in [0.1, 0.15) is 0 Å². The summed E-state index contributed by atoms with van der Waals surface area (Å²) in [5.41, 5.74) is 6.11.